The van der Waals surface area contributed by atoms with Crippen LogP contribution in [0.1, 0.15) is 86.2 Å². The van der Waals surface area contributed by atoms with Crippen LogP contribution in [0.25, 0.3) is 11.3 Å². The summed E-state index contributed by atoms with van der Waals surface area (Å²) < 4.78 is 7.01. The number of primary amides is 1. The van der Waals surface area contributed by atoms with Crippen LogP contribution in [0.5, 0.6) is 5.75 Å². The summed E-state index contributed by atoms with van der Waals surface area (Å²) in [5.41, 5.74) is 19.3. The van der Waals surface area contributed by atoms with Gasteiger partial charge in [0.2, 0.25) is 0 Å². The summed E-state index contributed by atoms with van der Waals surface area (Å²) in [5.74, 6) is 0.640. The van der Waals surface area contributed by atoms with Crippen LogP contribution in [-0.2, 0) is 11.3 Å². The monoisotopic (exact) mass is 620 g/mol. The average molecular weight is 621 g/mol. The van der Waals surface area contributed by atoms with Crippen molar-refractivity contribution in [2.24, 2.45) is 17.4 Å². The van der Waals surface area contributed by atoms with E-state index >= 15 is 0 Å². The number of aromatic nitrogens is 2. The molecule has 2 unspecified atom stereocenters. The third-order valence-corrected chi connectivity index (χ3v) is 6.73. The largest absolute Gasteiger partial charge is 0.496 e. The Morgan fingerprint density at radius 1 is 1.02 bits per heavy atom. The fourth-order valence-electron chi connectivity index (χ4n) is 4.68. The zero-order chi connectivity index (χ0) is 34.4. The Kier molecular flexibility index (Phi) is 20.4. The van der Waals surface area contributed by atoms with E-state index in [1.807, 2.05) is 89.1 Å². The number of benzene rings is 2. The number of ether oxygens (including phenoxy) is 1. The van der Waals surface area contributed by atoms with Gasteiger partial charge in [-0.2, -0.15) is 5.10 Å². The van der Waals surface area contributed by atoms with Crippen LogP contribution in [0.4, 0.5) is 5.82 Å². The number of carbonyl (C=O) groups excluding carboxylic acids is 3. The molecule has 1 saturated carbocycles. The highest BCUT2D eigenvalue weighted by Crippen LogP contribution is 2.38. The lowest BCUT2D eigenvalue weighted by molar-refractivity contribution is -0.0980. The Morgan fingerprint density at radius 3 is 2.09 bits per heavy atom. The van der Waals surface area contributed by atoms with Crippen molar-refractivity contribution < 1.29 is 19.1 Å². The van der Waals surface area contributed by atoms with E-state index in [2.05, 4.69) is 23.1 Å². The molecule has 1 aromatic heterocycles. The molecule has 0 radical (unpaired) electrons. The zero-order valence-corrected chi connectivity index (χ0v) is 27.9. The second-order valence-electron chi connectivity index (χ2n) is 9.62. The van der Waals surface area contributed by atoms with Gasteiger partial charge in [0.05, 0.1) is 18.7 Å². The second kappa shape index (κ2) is 22.8. The summed E-state index contributed by atoms with van der Waals surface area (Å²) in [6.45, 7) is 12.6. The quantitative estimate of drug-likeness (QED) is 0.221. The van der Waals surface area contributed by atoms with Crippen molar-refractivity contribution in [1.82, 2.24) is 15.1 Å². The number of nitrogens with one attached hydrogen (secondary N) is 1. The van der Waals surface area contributed by atoms with Gasteiger partial charge < -0.3 is 32.0 Å². The van der Waals surface area contributed by atoms with Gasteiger partial charge in [-0.05, 0) is 63.8 Å². The second-order valence-corrected chi connectivity index (χ2v) is 9.62. The van der Waals surface area contributed by atoms with E-state index in [0.717, 1.165) is 30.4 Å². The molecule has 45 heavy (non-hydrogen) atoms. The highest BCUT2D eigenvalue weighted by molar-refractivity contribution is 6.03. The van der Waals surface area contributed by atoms with Crippen molar-refractivity contribution in [3.05, 3.63) is 89.5 Å². The number of para-hydroxylation sites is 1. The maximum absolute atomic E-state index is 12.5. The van der Waals surface area contributed by atoms with Gasteiger partial charge in [0.15, 0.2) is 0 Å². The van der Waals surface area contributed by atoms with Crippen LogP contribution < -0.4 is 27.3 Å². The Labute approximate surface area is 268 Å². The molecule has 0 saturated heterocycles. The molecular formula is C35H52N6O4. The van der Waals surface area contributed by atoms with E-state index in [1.54, 1.807) is 22.9 Å². The number of methoxy groups -OCH3 is 1. The summed E-state index contributed by atoms with van der Waals surface area (Å²) in [4.78, 5) is 32.7. The molecule has 1 fully saturated rings. The number of nitrogen functional groups attached to an aromatic ring is 1. The standard InChI is InChI=1S/C25H29N5O3.C6H10.C2H6.CH5N.CH2O/c1-15-7-12-18(13-15)30-23(26)21(24(27)31)22(29-30)17-10-8-16(9-11-17)14-28-25(32)19-5-3-4-6-20(19)33-2;1-3-5-6-4-2;3*1-2/h3-6,8-11,15,18H,7,12-14,26H2,1-2H3,(H2,27,31)(H,28,32);3-6H,1-2H3;1-2H3;2H2,1H3;1H2/b;5-3-,6-4-;;;. The normalized spacial score (nSPS) is 14.8. The van der Waals surface area contributed by atoms with E-state index in [0.29, 0.717) is 35.3 Å². The molecular weight excluding hydrogens is 568 g/mol. The molecule has 1 aliphatic carbocycles. The zero-order valence-electron chi connectivity index (χ0n) is 27.9. The van der Waals surface area contributed by atoms with Crippen LogP contribution in [-0.4, -0.2) is 42.5 Å². The van der Waals surface area contributed by atoms with Gasteiger partial charge in [-0.1, -0.05) is 81.5 Å². The lowest BCUT2D eigenvalue weighted by Gasteiger charge is -2.12. The van der Waals surface area contributed by atoms with Gasteiger partial charge in [-0.15, -0.1) is 0 Å². The number of nitrogens with two attached hydrogens (primary N) is 3. The first-order valence-corrected chi connectivity index (χ1v) is 15.1. The summed E-state index contributed by atoms with van der Waals surface area (Å²) in [6.07, 6.45) is 11.1. The molecule has 1 aliphatic rings. The lowest BCUT2D eigenvalue weighted by Crippen LogP contribution is -2.23. The number of nitrogens with zero attached hydrogens (tertiary/aromatic N) is 2. The Bertz CT molecular complexity index is 1340. The SMILES string of the molecule is C/C=C\C=C/C.C=O.CC.CN.COc1ccccc1C(=O)NCc1ccc(-c2nn(C3CCC(C)C3)c(N)c2C(N)=O)cc1. The predicted molar refractivity (Wildman–Crippen MR) is 185 cm³/mol. The molecule has 7 N–H and O–H groups in total. The Hall–Kier alpha value is -4.70. The summed E-state index contributed by atoms with van der Waals surface area (Å²) in [6, 6.07) is 14.7. The maximum atomic E-state index is 12.5. The van der Waals surface area contributed by atoms with Gasteiger partial charge in [0.1, 0.15) is 29.6 Å². The van der Waals surface area contributed by atoms with Gasteiger partial charge >= 0.3 is 0 Å². The van der Waals surface area contributed by atoms with Crippen molar-refractivity contribution in [3.8, 4) is 17.0 Å². The third kappa shape index (κ3) is 12.1. The van der Waals surface area contributed by atoms with E-state index in [-0.39, 0.29) is 17.5 Å². The topological polar surface area (TPSA) is 168 Å². The first kappa shape index (κ1) is 40.3. The van der Waals surface area contributed by atoms with Gasteiger partial charge in [-0.25, -0.2) is 4.68 Å². The number of anilines is 1. The fourth-order valence-corrected chi connectivity index (χ4v) is 4.68. The first-order chi connectivity index (χ1) is 21.8. The molecule has 10 nitrogen and oxygen atoms in total. The molecule has 1 heterocycles. The van der Waals surface area contributed by atoms with E-state index in [1.165, 1.54) is 14.2 Å². The molecule has 10 heteroatoms. The number of hydrogen-bond acceptors (Lipinski definition) is 7. The average Bonchev–Trinajstić information content (AvgIpc) is 3.68. The fraction of sp³-hybridized carbons (Fsp3) is 0.371. The van der Waals surface area contributed by atoms with E-state index in [4.69, 9.17) is 21.0 Å². The van der Waals surface area contributed by atoms with Crippen molar-refractivity contribution in [3.63, 3.8) is 0 Å². The number of rotatable bonds is 8. The number of hydrogen-bond donors (Lipinski definition) is 4. The molecule has 0 aliphatic heterocycles. The molecule has 2 atom stereocenters. The van der Waals surface area contributed by atoms with Crippen LogP contribution in [0.15, 0.2) is 72.8 Å². The number of amides is 2. The van der Waals surface area contributed by atoms with Crippen molar-refractivity contribution >= 4 is 24.4 Å². The number of allylic oxidation sites excluding steroid dienone is 4. The van der Waals surface area contributed by atoms with Crippen molar-refractivity contribution in [2.45, 2.75) is 66.5 Å². The summed E-state index contributed by atoms with van der Waals surface area (Å²) in [5, 5.41) is 7.59. The Balaban J connectivity index is 0.00000141. The summed E-state index contributed by atoms with van der Waals surface area (Å²) >= 11 is 0. The van der Waals surface area contributed by atoms with Crippen LogP contribution in [0.2, 0.25) is 0 Å². The van der Waals surface area contributed by atoms with Crippen LogP contribution in [0, 0.1) is 5.92 Å². The minimum Gasteiger partial charge on any atom is -0.496 e. The molecule has 2 amide bonds. The van der Waals surface area contributed by atoms with Crippen LogP contribution >= 0.6 is 0 Å². The maximum Gasteiger partial charge on any atom is 0.255 e. The van der Waals surface area contributed by atoms with Crippen molar-refractivity contribution in [2.75, 3.05) is 19.9 Å². The highest BCUT2D eigenvalue weighted by atomic mass is 16.5. The Morgan fingerprint density at radius 2 is 1.60 bits per heavy atom. The molecule has 3 aromatic rings. The third-order valence-electron chi connectivity index (χ3n) is 6.73. The minimum absolute atomic E-state index is 0.177. The molecule has 0 bridgehead atoms. The molecule has 0 spiro atoms. The van der Waals surface area contributed by atoms with Gasteiger partial charge in [0.25, 0.3) is 11.8 Å². The van der Waals surface area contributed by atoms with E-state index < -0.39 is 5.91 Å². The van der Waals surface area contributed by atoms with Crippen LogP contribution in [0.3, 0.4) is 0 Å². The smallest absolute Gasteiger partial charge is 0.255 e. The molecule has 4 rings (SSSR count). The molecule has 246 valence electrons. The van der Waals surface area contributed by atoms with Gasteiger partial charge in [0, 0.05) is 12.1 Å². The highest BCUT2D eigenvalue weighted by Gasteiger charge is 2.29. The first-order valence-electron chi connectivity index (χ1n) is 15.1. The van der Waals surface area contributed by atoms with Gasteiger partial charge in [-0.3, -0.25) is 9.59 Å². The lowest BCUT2D eigenvalue weighted by atomic mass is 10.0. The molecule has 2 aromatic carbocycles. The summed E-state index contributed by atoms with van der Waals surface area (Å²) in [7, 11) is 3.03. The van der Waals surface area contributed by atoms with Crippen molar-refractivity contribution in [1.29, 1.82) is 0 Å². The number of carbonyl (C=O) groups is 3. The predicted octanol–water partition coefficient (Wildman–Crippen LogP) is 6.09. The minimum atomic E-state index is -0.590. The van der Waals surface area contributed by atoms with E-state index in [9.17, 15) is 9.59 Å².